The molecule has 3 aromatic rings. The van der Waals surface area contributed by atoms with Crippen LogP contribution < -0.4 is 4.90 Å². The van der Waals surface area contributed by atoms with Gasteiger partial charge in [0.25, 0.3) is 0 Å². The Bertz CT molecular complexity index is 865. The smallest absolute Gasteiger partial charge is 0.150 e. The molecule has 1 aliphatic heterocycles. The van der Waals surface area contributed by atoms with Crippen LogP contribution >= 0.6 is 11.3 Å². The highest BCUT2D eigenvalue weighted by molar-refractivity contribution is 7.18. The first-order valence-electron chi connectivity index (χ1n) is 8.64. The van der Waals surface area contributed by atoms with Crippen LogP contribution in [0, 0.1) is 6.92 Å². The molecule has 1 saturated heterocycles. The van der Waals surface area contributed by atoms with E-state index in [9.17, 15) is 5.11 Å². The Hall–Kier alpha value is -2.06. The number of nitrogens with zero attached hydrogens (tertiary/aromatic N) is 6. The van der Waals surface area contributed by atoms with Gasteiger partial charge in [-0.15, -0.1) is 16.4 Å². The Labute approximate surface area is 150 Å². The zero-order valence-electron chi connectivity index (χ0n) is 14.5. The Balaban J connectivity index is 1.47. The highest BCUT2D eigenvalue weighted by Crippen LogP contribution is 2.33. The number of aryl methyl sites for hydroxylation is 1. The lowest BCUT2D eigenvalue weighted by Gasteiger charge is -2.32. The van der Waals surface area contributed by atoms with Crippen LogP contribution in [-0.2, 0) is 6.42 Å². The average molecular weight is 358 g/mol. The summed E-state index contributed by atoms with van der Waals surface area (Å²) < 4.78 is 3.14. The van der Waals surface area contributed by atoms with Crippen LogP contribution in [0.3, 0.4) is 0 Å². The quantitative estimate of drug-likeness (QED) is 0.771. The Morgan fingerprint density at radius 1 is 1.32 bits per heavy atom. The van der Waals surface area contributed by atoms with Gasteiger partial charge in [-0.3, -0.25) is 0 Å². The number of anilines is 1. The third kappa shape index (κ3) is 3.23. The molecule has 0 amide bonds. The van der Waals surface area contributed by atoms with Gasteiger partial charge in [0.2, 0.25) is 0 Å². The van der Waals surface area contributed by atoms with Crippen molar-refractivity contribution >= 4 is 27.4 Å². The zero-order chi connectivity index (χ0) is 17.4. The number of piperidine rings is 1. The van der Waals surface area contributed by atoms with Crippen molar-refractivity contribution in [3.8, 4) is 0 Å². The van der Waals surface area contributed by atoms with Crippen molar-refractivity contribution in [3.63, 3.8) is 0 Å². The molecule has 0 aliphatic carbocycles. The minimum atomic E-state index is -0.388. The van der Waals surface area contributed by atoms with Gasteiger partial charge in [0.15, 0.2) is 0 Å². The largest absolute Gasteiger partial charge is 0.393 e. The fourth-order valence-corrected chi connectivity index (χ4v) is 4.43. The van der Waals surface area contributed by atoms with Crippen LogP contribution in [0.2, 0.25) is 0 Å². The average Bonchev–Trinajstić information content (AvgIpc) is 3.22. The molecule has 3 aromatic heterocycles. The van der Waals surface area contributed by atoms with Gasteiger partial charge in [0, 0.05) is 25.7 Å². The zero-order valence-corrected chi connectivity index (χ0v) is 15.3. The van der Waals surface area contributed by atoms with E-state index in [0.717, 1.165) is 43.0 Å². The molecule has 0 saturated carbocycles. The van der Waals surface area contributed by atoms with E-state index in [2.05, 4.69) is 37.5 Å². The third-order valence-corrected chi connectivity index (χ3v) is 5.80. The number of aromatic nitrogens is 5. The summed E-state index contributed by atoms with van der Waals surface area (Å²) in [5, 5.41) is 20.1. The lowest BCUT2D eigenvalue weighted by atomic mass is 10.1. The molecule has 132 valence electrons. The fourth-order valence-electron chi connectivity index (χ4n) is 3.41. The molecular weight excluding hydrogens is 336 g/mol. The van der Waals surface area contributed by atoms with Crippen LogP contribution in [0.15, 0.2) is 17.9 Å². The van der Waals surface area contributed by atoms with Gasteiger partial charge in [0.05, 0.1) is 28.1 Å². The monoisotopic (exact) mass is 358 g/mol. The van der Waals surface area contributed by atoms with E-state index in [0.29, 0.717) is 12.5 Å². The minimum Gasteiger partial charge on any atom is -0.393 e. The molecule has 1 aliphatic rings. The summed E-state index contributed by atoms with van der Waals surface area (Å²) in [5.74, 6) is 1.05. The van der Waals surface area contributed by atoms with Crippen molar-refractivity contribution in [1.29, 1.82) is 0 Å². The molecule has 4 heterocycles. The van der Waals surface area contributed by atoms with Crippen LogP contribution in [0.1, 0.15) is 37.1 Å². The summed E-state index contributed by atoms with van der Waals surface area (Å²) in [5.41, 5.74) is 3.13. The van der Waals surface area contributed by atoms with E-state index in [1.807, 2.05) is 10.9 Å². The predicted octanol–water partition coefficient (Wildman–Crippen LogP) is 2.36. The maximum absolute atomic E-state index is 9.48. The maximum Gasteiger partial charge on any atom is 0.150 e. The number of rotatable bonds is 4. The second kappa shape index (κ2) is 6.68. The number of fused-ring (bicyclic) bond motifs is 1. The molecule has 1 atom stereocenters. The molecule has 0 aromatic carbocycles. The molecule has 0 radical (unpaired) electrons. The number of hydrogen-bond acceptors (Lipinski definition) is 7. The number of thiophene rings is 1. The first-order chi connectivity index (χ1) is 12.1. The Morgan fingerprint density at radius 3 is 2.88 bits per heavy atom. The van der Waals surface area contributed by atoms with Gasteiger partial charge in [-0.1, -0.05) is 5.21 Å². The Kier molecular flexibility index (Phi) is 4.39. The highest BCUT2D eigenvalue weighted by Gasteiger charge is 2.24. The molecule has 0 spiro atoms. The van der Waals surface area contributed by atoms with Crippen molar-refractivity contribution in [3.05, 3.63) is 29.2 Å². The van der Waals surface area contributed by atoms with Gasteiger partial charge in [-0.25, -0.2) is 14.6 Å². The summed E-state index contributed by atoms with van der Waals surface area (Å²) in [6.45, 7) is 5.75. The number of aliphatic hydroxyl groups excluding tert-OH is 1. The van der Waals surface area contributed by atoms with Gasteiger partial charge in [0.1, 0.15) is 12.1 Å². The summed E-state index contributed by atoms with van der Waals surface area (Å²) >= 11 is 1.72. The predicted molar refractivity (Wildman–Crippen MR) is 98.0 cm³/mol. The lowest BCUT2D eigenvalue weighted by molar-refractivity contribution is 0.194. The van der Waals surface area contributed by atoms with Gasteiger partial charge in [-0.05, 0) is 37.6 Å². The number of hydrogen-bond donors (Lipinski definition) is 1. The highest BCUT2D eigenvalue weighted by atomic mass is 32.1. The topological polar surface area (TPSA) is 80.0 Å². The van der Waals surface area contributed by atoms with Crippen LogP contribution in [0.4, 0.5) is 5.82 Å². The van der Waals surface area contributed by atoms with E-state index in [1.165, 1.54) is 10.3 Å². The lowest BCUT2D eigenvalue weighted by Crippen LogP contribution is -2.35. The molecule has 4 rings (SSSR count). The van der Waals surface area contributed by atoms with Gasteiger partial charge >= 0.3 is 0 Å². The maximum atomic E-state index is 9.48. The second-order valence-electron chi connectivity index (χ2n) is 6.75. The first-order valence-corrected chi connectivity index (χ1v) is 9.52. The normalized spacial score (nSPS) is 17.3. The van der Waals surface area contributed by atoms with Gasteiger partial charge < -0.3 is 10.0 Å². The molecule has 25 heavy (non-hydrogen) atoms. The molecule has 1 N–H and O–H groups in total. The van der Waals surface area contributed by atoms with E-state index >= 15 is 0 Å². The minimum absolute atomic E-state index is 0.355. The molecule has 7 nitrogen and oxygen atoms in total. The third-order valence-electron chi connectivity index (χ3n) is 4.71. The van der Waals surface area contributed by atoms with E-state index in [-0.39, 0.29) is 6.10 Å². The van der Waals surface area contributed by atoms with E-state index in [4.69, 9.17) is 0 Å². The Morgan fingerprint density at radius 2 is 2.12 bits per heavy atom. The molecule has 0 bridgehead atoms. The second-order valence-corrected chi connectivity index (χ2v) is 7.63. The SMILES string of the molecule is Cc1csc2c(N3CCC(n4cc(C[C@H](C)O)nn4)CC3)ncnc12. The summed E-state index contributed by atoms with van der Waals surface area (Å²) in [6, 6.07) is 0.355. The van der Waals surface area contributed by atoms with E-state index < -0.39 is 0 Å². The first kappa shape index (κ1) is 16.4. The number of aliphatic hydroxyl groups is 1. The molecule has 1 fully saturated rings. The van der Waals surface area contributed by atoms with Gasteiger partial charge in [-0.2, -0.15) is 0 Å². The molecule has 8 heteroatoms. The fraction of sp³-hybridized carbons (Fsp3) is 0.529. The standard InChI is InChI=1S/C17H22N6OS/c1-11-9-25-16-15(11)18-10-19-17(16)22-5-3-14(4-6-22)23-8-13(20-21-23)7-12(2)24/h8-10,12,14,24H,3-7H2,1-2H3/t12-/m0/s1. The van der Waals surface area contributed by atoms with Crippen molar-refractivity contribution in [2.45, 2.75) is 45.3 Å². The van der Waals surface area contributed by atoms with Crippen molar-refractivity contribution in [2.24, 2.45) is 0 Å². The van der Waals surface area contributed by atoms with E-state index in [1.54, 1.807) is 24.6 Å². The summed E-state index contributed by atoms with van der Waals surface area (Å²) in [7, 11) is 0. The van der Waals surface area contributed by atoms with Crippen molar-refractivity contribution in [1.82, 2.24) is 25.0 Å². The summed E-state index contributed by atoms with van der Waals surface area (Å²) in [6.07, 6.45) is 5.82. The van der Waals surface area contributed by atoms with Crippen molar-refractivity contribution in [2.75, 3.05) is 18.0 Å². The van der Waals surface area contributed by atoms with Crippen molar-refractivity contribution < 1.29 is 5.11 Å². The summed E-state index contributed by atoms with van der Waals surface area (Å²) in [4.78, 5) is 11.3. The van der Waals surface area contributed by atoms with Crippen LogP contribution in [-0.4, -0.2) is 49.3 Å². The van der Waals surface area contributed by atoms with Crippen LogP contribution in [0.5, 0.6) is 0 Å². The molecule has 0 unspecified atom stereocenters. The van der Waals surface area contributed by atoms with Crippen LogP contribution in [0.25, 0.3) is 10.2 Å². The molecular formula is C17H22N6OS.